The molecule has 0 radical (unpaired) electrons. The van der Waals surface area contributed by atoms with Gasteiger partial charge >= 0.3 is 0 Å². The molecule has 1 saturated carbocycles. The van der Waals surface area contributed by atoms with Crippen LogP contribution in [0.15, 0.2) is 107 Å². The summed E-state index contributed by atoms with van der Waals surface area (Å²) in [5.74, 6) is 12.1. The zero-order valence-corrected chi connectivity index (χ0v) is 28.8. The Kier molecular flexibility index (Phi) is 11.7. The lowest BCUT2D eigenvalue weighted by Crippen LogP contribution is -2.29. The maximum atomic E-state index is 4.94. The quantitative estimate of drug-likeness (QED) is 0.0614. The number of hydrogen-bond donors (Lipinski definition) is 4. The number of anilines is 2. The van der Waals surface area contributed by atoms with Crippen molar-refractivity contribution >= 4 is 35.5 Å². The number of benzene rings is 4. The van der Waals surface area contributed by atoms with Gasteiger partial charge in [-0.1, -0.05) is 85.7 Å². The average molecular weight is 699 g/mol. The van der Waals surface area contributed by atoms with Crippen molar-refractivity contribution in [1.29, 1.82) is 0 Å². The minimum atomic E-state index is 0. The molecular weight excluding hydrogens is 653 g/mol. The lowest BCUT2D eigenvalue weighted by atomic mass is 9.77. The molecule has 2 aliphatic heterocycles. The molecule has 8 nitrogen and oxygen atoms in total. The Balaban J connectivity index is 0.000000167. The number of nitrogens with one attached hydrogen (secondary N) is 2. The van der Waals surface area contributed by atoms with Crippen LogP contribution in [0.3, 0.4) is 0 Å². The van der Waals surface area contributed by atoms with Crippen LogP contribution in [0.25, 0.3) is 0 Å². The van der Waals surface area contributed by atoms with Crippen LogP contribution in [0.5, 0.6) is 0 Å². The van der Waals surface area contributed by atoms with Crippen molar-refractivity contribution in [2.45, 2.75) is 80.7 Å². The minimum Gasteiger partial charge on any atom is -0.378 e. The normalized spacial score (nSPS) is 24.2. The van der Waals surface area contributed by atoms with Crippen molar-refractivity contribution in [3.8, 4) is 0 Å². The Morgan fingerprint density at radius 1 is 0.653 bits per heavy atom. The van der Waals surface area contributed by atoms with Crippen LogP contribution < -0.4 is 22.4 Å². The predicted molar refractivity (Wildman–Crippen MR) is 199 cm³/mol. The van der Waals surface area contributed by atoms with Gasteiger partial charge in [-0.05, 0) is 110 Å². The van der Waals surface area contributed by atoms with E-state index in [1.165, 1.54) is 64.0 Å². The highest BCUT2D eigenvalue weighted by atomic mass is 32.2. The van der Waals surface area contributed by atoms with E-state index in [4.69, 9.17) is 20.5 Å². The molecule has 4 aliphatic rings. The van der Waals surface area contributed by atoms with Crippen LogP contribution in [0.1, 0.15) is 90.4 Å². The van der Waals surface area contributed by atoms with Gasteiger partial charge in [-0.2, -0.15) is 11.8 Å². The van der Waals surface area contributed by atoms with Gasteiger partial charge in [-0.3, -0.25) is 0 Å². The molecule has 6 N–H and O–H groups in total. The van der Waals surface area contributed by atoms with E-state index >= 15 is 0 Å². The maximum absolute atomic E-state index is 4.94. The van der Waals surface area contributed by atoms with Crippen LogP contribution in [0, 0.1) is 25.7 Å². The SMILES string of the molecule is C.Cc1ccc([C@H]2Nc3ccc(SOON)cc3[C@H]3C=CC[C@H]32)cc1.Cc1ccc([C@H]2Nc3ccc(SOON)cc3[C@H]3CCC[C@H]32)cc1. The minimum absolute atomic E-state index is 0. The monoisotopic (exact) mass is 698 g/mol. The summed E-state index contributed by atoms with van der Waals surface area (Å²) in [7, 11) is 0. The molecule has 4 aromatic rings. The predicted octanol–water partition coefficient (Wildman–Crippen LogP) is 10.2. The van der Waals surface area contributed by atoms with Crippen molar-refractivity contribution < 1.29 is 18.6 Å². The average Bonchev–Trinajstić information content (AvgIpc) is 3.82. The van der Waals surface area contributed by atoms with Crippen LogP contribution in [0.2, 0.25) is 0 Å². The first-order chi connectivity index (χ1) is 23.5. The molecule has 0 bridgehead atoms. The van der Waals surface area contributed by atoms with Gasteiger partial charge in [0, 0.05) is 27.1 Å². The zero-order chi connectivity index (χ0) is 33.0. The van der Waals surface area contributed by atoms with Crippen molar-refractivity contribution in [3.05, 3.63) is 130 Å². The van der Waals surface area contributed by atoms with Crippen LogP contribution in [-0.2, 0) is 18.6 Å². The van der Waals surface area contributed by atoms with Crippen molar-refractivity contribution in [2.75, 3.05) is 10.6 Å². The standard InChI is InChI=1S/C19H22N2O2S.C19H20N2O2S.CH4/c2*1-12-5-7-13(8-6-12)19-16-4-2-3-15(16)17-11-14(24-23-22-20)9-10-18(17)21-19;/h5-11,15-16,19,21H,2-4,20H2,1H3;2-3,5-11,15-16,19,21H,4,20H2,1H3;1H4/t2*15-,16+,19+;/m00./s1. The van der Waals surface area contributed by atoms with Crippen LogP contribution in [-0.4, -0.2) is 0 Å². The molecule has 0 saturated heterocycles. The molecule has 2 heterocycles. The van der Waals surface area contributed by atoms with Crippen molar-refractivity contribution in [2.24, 2.45) is 23.6 Å². The van der Waals surface area contributed by atoms with Gasteiger partial charge in [-0.15, -0.1) is 18.6 Å². The van der Waals surface area contributed by atoms with E-state index in [-0.39, 0.29) is 7.43 Å². The third kappa shape index (κ3) is 7.72. The van der Waals surface area contributed by atoms with E-state index in [2.05, 4.69) is 119 Å². The molecule has 49 heavy (non-hydrogen) atoms. The molecule has 258 valence electrons. The summed E-state index contributed by atoms with van der Waals surface area (Å²) in [6.45, 7) is 4.26. The van der Waals surface area contributed by atoms with Gasteiger partial charge in [0.1, 0.15) is 0 Å². The van der Waals surface area contributed by atoms with Gasteiger partial charge in [-0.25, -0.2) is 0 Å². The van der Waals surface area contributed by atoms with E-state index in [9.17, 15) is 0 Å². The van der Waals surface area contributed by atoms with Gasteiger partial charge in [0.15, 0.2) is 0 Å². The fourth-order valence-corrected chi connectivity index (χ4v) is 8.86. The third-order valence-corrected chi connectivity index (χ3v) is 11.5. The topological polar surface area (TPSA) is 113 Å². The number of aryl methyl sites for hydroxylation is 2. The van der Waals surface area contributed by atoms with E-state index in [0.29, 0.717) is 35.8 Å². The molecule has 8 rings (SSSR count). The second-order valence-electron chi connectivity index (χ2n) is 13.1. The molecule has 1 fully saturated rings. The molecule has 0 unspecified atom stereocenters. The zero-order valence-electron chi connectivity index (χ0n) is 27.1. The Bertz CT molecular complexity index is 1690. The van der Waals surface area contributed by atoms with E-state index in [1.807, 2.05) is 12.1 Å². The van der Waals surface area contributed by atoms with Crippen molar-refractivity contribution in [3.63, 3.8) is 0 Å². The summed E-state index contributed by atoms with van der Waals surface area (Å²) in [6, 6.07) is 31.2. The van der Waals surface area contributed by atoms with Crippen LogP contribution >= 0.6 is 24.1 Å². The molecular formula is C39H46N4O4S2. The van der Waals surface area contributed by atoms with E-state index in [0.717, 1.165) is 40.3 Å². The largest absolute Gasteiger partial charge is 0.378 e. The fraction of sp³-hybridized carbons (Fsp3) is 0.333. The Hall–Kier alpha value is -3.32. The summed E-state index contributed by atoms with van der Waals surface area (Å²) in [5, 5.41) is 7.52. The number of nitrogens with two attached hydrogens (primary N) is 2. The Morgan fingerprint density at radius 2 is 1.18 bits per heavy atom. The summed E-state index contributed by atoms with van der Waals surface area (Å²) in [4.78, 5) is 10.4. The molecule has 0 spiro atoms. The summed E-state index contributed by atoms with van der Waals surface area (Å²) in [6.07, 6.45) is 9.54. The van der Waals surface area contributed by atoms with Crippen molar-refractivity contribution in [1.82, 2.24) is 0 Å². The highest BCUT2D eigenvalue weighted by Gasteiger charge is 2.40. The number of fused-ring (bicyclic) bond motifs is 6. The lowest BCUT2D eigenvalue weighted by molar-refractivity contribution is -0.195. The molecule has 2 aliphatic carbocycles. The molecule has 0 amide bonds. The highest BCUT2D eigenvalue weighted by molar-refractivity contribution is 7.94. The Morgan fingerprint density at radius 3 is 1.76 bits per heavy atom. The fourth-order valence-electron chi connectivity index (χ4n) is 8.03. The highest BCUT2D eigenvalue weighted by Crippen LogP contribution is 2.53. The summed E-state index contributed by atoms with van der Waals surface area (Å²) >= 11 is 2.28. The maximum Gasteiger partial charge on any atom is 0.0702 e. The summed E-state index contributed by atoms with van der Waals surface area (Å²) in [5.41, 5.74) is 10.5. The smallest absolute Gasteiger partial charge is 0.0702 e. The van der Waals surface area contributed by atoms with E-state index in [1.54, 1.807) is 0 Å². The Labute approximate surface area is 298 Å². The molecule has 6 atom stereocenters. The molecule has 0 aromatic heterocycles. The molecule has 10 heteroatoms. The van der Waals surface area contributed by atoms with Crippen LogP contribution in [0.4, 0.5) is 11.4 Å². The second kappa shape index (κ2) is 16.1. The van der Waals surface area contributed by atoms with Gasteiger partial charge in [0.25, 0.3) is 0 Å². The number of rotatable bonds is 8. The number of hydrogen-bond acceptors (Lipinski definition) is 10. The van der Waals surface area contributed by atoms with Gasteiger partial charge < -0.3 is 10.6 Å². The van der Waals surface area contributed by atoms with Gasteiger partial charge in [0.05, 0.1) is 36.2 Å². The second-order valence-corrected chi connectivity index (χ2v) is 14.7. The number of allylic oxidation sites excluding steroid dienone is 2. The van der Waals surface area contributed by atoms with E-state index < -0.39 is 0 Å². The first kappa shape index (κ1) is 35.5. The first-order valence-corrected chi connectivity index (χ1v) is 18.0. The first-order valence-electron chi connectivity index (χ1n) is 16.5. The lowest BCUT2D eigenvalue weighted by Gasteiger charge is -2.38. The van der Waals surface area contributed by atoms with Gasteiger partial charge in [0.2, 0.25) is 0 Å². The third-order valence-electron chi connectivity index (χ3n) is 10.3. The summed E-state index contributed by atoms with van der Waals surface area (Å²) < 4.78 is 9.58. The molecule has 4 aromatic carbocycles.